The van der Waals surface area contributed by atoms with Gasteiger partial charge >= 0.3 is 0 Å². The first kappa shape index (κ1) is 16.8. The zero-order valence-corrected chi connectivity index (χ0v) is 13.5. The van der Waals surface area contributed by atoms with Crippen LogP contribution in [0.25, 0.3) is 0 Å². The lowest BCUT2D eigenvalue weighted by Gasteiger charge is -2.19. The highest BCUT2D eigenvalue weighted by atomic mass is 79.9. The van der Waals surface area contributed by atoms with Crippen molar-refractivity contribution < 1.29 is 4.79 Å². The van der Waals surface area contributed by atoms with E-state index in [0.29, 0.717) is 23.0 Å². The Labute approximate surface area is 132 Å². The predicted molar refractivity (Wildman–Crippen MR) is 84.0 cm³/mol. The third-order valence-electron chi connectivity index (χ3n) is 3.46. The molecule has 0 heterocycles. The Morgan fingerprint density at radius 1 is 1.47 bits per heavy atom. The average molecular weight is 368 g/mol. The molecule has 0 saturated heterocycles. The molecule has 3 nitrogen and oxygen atoms in total. The highest BCUT2D eigenvalue weighted by molar-refractivity contribution is 9.10. The summed E-state index contributed by atoms with van der Waals surface area (Å²) in [6.45, 7) is 0.631. The van der Waals surface area contributed by atoms with E-state index < -0.39 is 0 Å². The van der Waals surface area contributed by atoms with E-state index in [1.807, 2.05) is 0 Å². The summed E-state index contributed by atoms with van der Waals surface area (Å²) in [6.07, 6.45) is 3.24. The van der Waals surface area contributed by atoms with Crippen LogP contribution in [0.3, 0.4) is 0 Å². The molecule has 2 atom stereocenters. The zero-order chi connectivity index (χ0) is 13.1. The van der Waals surface area contributed by atoms with Gasteiger partial charge in [0.15, 0.2) is 0 Å². The standard InChI is InChI=1S/C13H16BrClN2O.ClH/c14-10-5-4-8(6-11(10)15)13(18)17-12-3-1-2-9(12)7-16;/h4-6,9,12H,1-3,7,16H2,(H,17,18);1H. The molecule has 1 fully saturated rings. The summed E-state index contributed by atoms with van der Waals surface area (Å²) in [5, 5.41) is 3.60. The fraction of sp³-hybridized carbons (Fsp3) is 0.462. The molecular formula is C13H17BrCl2N2O. The van der Waals surface area contributed by atoms with Crippen molar-refractivity contribution in [3.63, 3.8) is 0 Å². The predicted octanol–water partition coefficient (Wildman–Crippen LogP) is 3.38. The topological polar surface area (TPSA) is 55.1 Å². The molecule has 0 aliphatic heterocycles. The van der Waals surface area contributed by atoms with E-state index in [4.69, 9.17) is 17.3 Å². The number of benzene rings is 1. The minimum absolute atomic E-state index is 0. The quantitative estimate of drug-likeness (QED) is 0.860. The summed E-state index contributed by atoms with van der Waals surface area (Å²) < 4.78 is 0.793. The Morgan fingerprint density at radius 2 is 2.21 bits per heavy atom. The smallest absolute Gasteiger partial charge is 0.251 e. The van der Waals surface area contributed by atoms with Gasteiger partial charge < -0.3 is 11.1 Å². The SMILES string of the molecule is Cl.NCC1CCCC1NC(=O)c1ccc(Br)c(Cl)c1. The van der Waals surface area contributed by atoms with Gasteiger partial charge in [0, 0.05) is 16.1 Å². The number of nitrogens with one attached hydrogen (secondary N) is 1. The van der Waals surface area contributed by atoms with Crippen LogP contribution in [-0.4, -0.2) is 18.5 Å². The number of hydrogen-bond acceptors (Lipinski definition) is 2. The summed E-state index contributed by atoms with van der Waals surface area (Å²) in [7, 11) is 0. The zero-order valence-electron chi connectivity index (χ0n) is 10.4. The maximum atomic E-state index is 12.1. The lowest BCUT2D eigenvalue weighted by Crippen LogP contribution is -2.39. The number of carbonyl (C=O) groups is 1. The van der Waals surface area contributed by atoms with E-state index in [1.54, 1.807) is 18.2 Å². The van der Waals surface area contributed by atoms with Crippen molar-refractivity contribution >= 4 is 45.8 Å². The van der Waals surface area contributed by atoms with Gasteiger partial charge in [0.1, 0.15) is 0 Å². The highest BCUT2D eigenvalue weighted by Crippen LogP contribution is 2.26. The highest BCUT2D eigenvalue weighted by Gasteiger charge is 2.27. The van der Waals surface area contributed by atoms with Crippen molar-refractivity contribution in [1.82, 2.24) is 5.32 Å². The summed E-state index contributed by atoms with van der Waals surface area (Å²) in [6, 6.07) is 5.42. The van der Waals surface area contributed by atoms with Crippen LogP contribution < -0.4 is 11.1 Å². The van der Waals surface area contributed by atoms with E-state index in [1.165, 1.54) is 0 Å². The van der Waals surface area contributed by atoms with Crippen LogP contribution in [0.1, 0.15) is 29.6 Å². The second kappa shape index (κ2) is 7.48. The molecule has 3 N–H and O–H groups in total. The Balaban J connectivity index is 0.00000180. The Hall–Kier alpha value is -0.290. The fourth-order valence-corrected chi connectivity index (χ4v) is 2.83. The lowest BCUT2D eigenvalue weighted by atomic mass is 10.0. The maximum absolute atomic E-state index is 12.1. The molecule has 1 aliphatic rings. The molecule has 0 bridgehead atoms. The molecule has 106 valence electrons. The van der Waals surface area contributed by atoms with Crippen molar-refractivity contribution in [2.75, 3.05) is 6.54 Å². The van der Waals surface area contributed by atoms with Gasteiger partial charge in [-0.3, -0.25) is 4.79 Å². The van der Waals surface area contributed by atoms with Crippen LogP contribution in [-0.2, 0) is 0 Å². The first-order chi connectivity index (χ1) is 8.61. The largest absolute Gasteiger partial charge is 0.349 e. The van der Waals surface area contributed by atoms with Crippen LogP contribution in [0.4, 0.5) is 0 Å². The monoisotopic (exact) mass is 366 g/mol. The van der Waals surface area contributed by atoms with Crippen molar-refractivity contribution in [3.05, 3.63) is 33.3 Å². The minimum Gasteiger partial charge on any atom is -0.349 e. The van der Waals surface area contributed by atoms with Crippen LogP contribution in [0.2, 0.25) is 5.02 Å². The molecule has 1 aromatic rings. The van der Waals surface area contributed by atoms with Gasteiger partial charge in [0.2, 0.25) is 0 Å². The number of rotatable bonds is 3. The number of hydrogen-bond donors (Lipinski definition) is 2. The molecule has 2 rings (SSSR count). The first-order valence-corrected chi connectivity index (χ1v) is 7.25. The Kier molecular flexibility index (Phi) is 6.60. The molecule has 2 unspecified atom stereocenters. The van der Waals surface area contributed by atoms with E-state index in [9.17, 15) is 4.79 Å². The number of nitrogens with two attached hydrogens (primary N) is 1. The summed E-state index contributed by atoms with van der Waals surface area (Å²) in [5.74, 6) is 0.328. The Morgan fingerprint density at radius 3 is 2.84 bits per heavy atom. The van der Waals surface area contributed by atoms with Gasteiger partial charge in [-0.1, -0.05) is 18.0 Å². The Bertz CT molecular complexity index is 456. The third-order valence-corrected chi connectivity index (χ3v) is 4.69. The van der Waals surface area contributed by atoms with Gasteiger partial charge in [0.05, 0.1) is 5.02 Å². The number of amides is 1. The van der Waals surface area contributed by atoms with Gasteiger partial charge in [-0.25, -0.2) is 0 Å². The molecule has 6 heteroatoms. The van der Waals surface area contributed by atoms with Crippen molar-refractivity contribution in [1.29, 1.82) is 0 Å². The van der Waals surface area contributed by atoms with E-state index in [0.717, 1.165) is 23.7 Å². The van der Waals surface area contributed by atoms with Crippen LogP contribution in [0.15, 0.2) is 22.7 Å². The van der Waals surface area contributed by atoms with E-state index in [2.05, 4.69) is 21.2 Å². The third kappa shape index (κ3) is 4.09. The molecule has 19 heavy (non-hydrogen) atoms. The summed E-state index contributed by atoms with van der Waals surface area (Å²) in [5.41, 5.74) is 6.29. The molecule has 0 radical (unpaired) electrons. The van der Waals surface area contributed by atoms with Gasteiger partial charge in [0.25, 0.3) is 5.91 Å². The van der Waals surface area contributed by atoms with Crippen molar-refractivity contribution in [3.8, 4) is 0 Å². The molecule has 1 saturated carbocycles. The van der Waals surface area contributed by atoms with Crippen molar-refractivity contribution in [2.45, 2.75) is 25.3 Å². The van der Waals surface area contributed by atoms with Crippen molar-refractivity contribution in [2.24, 2.45) is 11.7 Å². The fourth-order valence-electron chi connectivity index (χ4n) is 2.40. The molecule has 0 aromatic heterocycles. The first-order valence-electron chi connectivity index (χ1n) is 6.08. The molecule has 1 aromatic carbocycles. The average Bonchev–Trinajstić information content (AvgIpc) is 2.79. The van der Waals surface area contributed by atoms with E-state index >= 15 is 0 Å². The van der Waals surface area contributed by atoms with E-state index in [-0.39, 0.29) is 24.4 Å². The number of carbonyl (C=O) groups excluding carboxylic acids is 1. The normalized spacial score (nSPS) is 21.8. The van der Waals surface area contributed by atoms with Crippen LogP contribution in [0.5, 0.6) is 0 Å². The van der Waals surface area contributed by atoms with Gasteiger partial charge in [-0.05, 0) is 59.4 Å². The summed E-state index contributed by atoms with van der Waals surface area (Å²) >= 11 is 9.29. The second-order valence-electron chi connectivity index (χ2n) is 4.64. The second-order valence-corrected chi connectivity index (χ2v) is 5.90. The van der Waals surface area contributed by atoms with Gasteiger partial charge in [-0.2, -0.15) is 0 Å². The molecule has 1 amide bonds. The van der Waals surface area contributed by atoms with Crippen LogP contribution >= 0.6 is 39.9 Å². The molecular weight excluding hydrogens is 351 g/mol. The maximum Gasteiger partial charge on any atom is 0.251 e. The van der Waals surface area contributed by atoms with Crippen LogP contribution in [0, 0.1) is 5.92 Å². The lowest BCUT2D eigenvalue weighted by molar-refractivity contribution is 0.0929. The molecule has 1 aliphatic carbocycles. The number of halogens is 3. The minimum atomic E-state index is -0.0743. The molecule has 0 spiro atoms. The summed E-state index contributed by atoms with van der Waals surface area (Å²) in [4.78, 5) is 12.1. The van der Waals surface area contributed by atoms with Gasteiger partial charge in [-0.15, -0.1) is 12.4 Å².